The Balaban J connectivity index is 1.75. The van der Waals surface area contributed by atoms with Gasteiger partial charge in [0.05, 0.1) is 11.2 Å². The lowest BCUT2D eigenvalue weighted by Gasteiger charge is -2.16. The number of hydrogen-bond donors (Lipinski definition) is 1. The molecule has 1 N–H and O–H groups in total. The first-order valence-corrected chi connectivity index (χ1v) is 7.54. The fourth-order valence-corrected chi connectivity index (χ4v) is 2.88. The summed E-state index contributed by atoms with van der Waals surface area (Å²) in [5, 5.41) is 6.14. The highest BCUT2D eigenvalue weighted by Gasteiger charge is 2.10. The molecule has 3 nitrogen and oxygen atoms in total. The van der Waals surface area contributed by atoms with Gasteiger partial charge in [-0.1, -0.05) is 30.9 Å². The standard InChI is InChI=1S/C16H18ClN3/c17-13-6-7-14-15(8-9-18-16(14)10-13)20-19-11-12-4-2-1-3-5-12/h6-12H,1-5H2,(H,18,20)/b19-11-. The zero-order valence-electron chi connectivity index (χ0n) is 11.3. The third-order valence-corrected chi connectivity index (χ3v) is 4.06. The van der Waals surface area contributed by atoms with E-state index in [0.29, 0.717) is 10.9 Å². The summed E-state index contributed by atoms with van der Waals surface area (Å²) in [6.07, 6.45) is 10.4. The molecule has 0 atom stereocenters. The average Bonchev–Trinajstić information content (AvgIpc) is 2.48. The second-order valence-electron chi connectivity index (χ2n) is 5.31. The van der Waals surface area contributed by atoms with Crippen LogP contribution in [0.15, 0.2) is 35.6 Å². The van der Waals surface area contributed by atoms with Gasteiger partial charge in [-0.3, -0.25) is 10.4 Å². The van der Waals surface area contributed by atoms with Crippen LogP contribution in [0.4, 0.5) is 5.69 Å². The molecule has 3 rings (SSSR count). The molecule has 1 heterocycles. The minimum Gasteiger partial charge on any atom is -0.278 e. The van der Waals surface area contributed by atoms with Crippen molar-refractivity contribution in [3.63, 3.8) is 0 Å². The number of rotatable bonds is 3. The van der Waals surface area contributed by atoms with E-state index in [2.05, 4.69) is 21.7 Å². The molecule has 1 saturated carbocycles. The molecule has 0 bridgehead atoms. The van der Waals surface area contributed by atoms with Gasteiger partial charge in [0.25, 0.3) is 0 Å². The van der Waals surface area contributed by atoms with E-state index < -0.39 is 0 Å². The smallest absolute Gasteiger partial charge is 0.0738 e. The second-order valence-corrected chi connectivity index (χ2v) is 5.74. The number of fused-ring (bicyclic) bond motifs is 1. The zero-order chi connectivity index (χ0) is 13.8. The normalized spacial score (nSPS) is 16.9. The van der Waals surface area contributed by atoms with E-state index in [9.17, 15) is 0 Å². The summed E-state index contributed by atoms with van der Waals surface area (Å²) < 4.78 is 0. The van der Waals surface area contributed by atoms with Crippen LogP contribution in [0.25, 0.3) is 10.9 Å². The highest BCUT2D eigenvalue weighted by molar-refractivity contribution is 6.31. The van der Waals surface area contributed by atoms with Crippen LogP contribution in [-0.2, 0) is 0 Å². The Bertz CT molecular complexity index is 618. The Morgan fingerprint density at radius 1 is 1.20 bits per heavy atom. The molecule has 0 unspecified atom stereocenters. The van der Waals surface area contributed by atoms with Crippen molar-refractivity contribution in [1.82, 2.24) is 4.98 Å². The molecule has 1 fully saturated rings. The molecule has 0 amide bonds. The van der Waals surface area contributed by atoms with E-state index >= 15 is 0 Å². The SMILES string of the molecule is Clc1ccc2c(N/N=C\C3CCCCC3)ccnc2c1. The van der Waals surface area contributed by atoms with Gasteiger partial charge >= 0.3 is 0 Å². The van der Waals surface area contributed by atoms with Gasteiger partial charge in [-0.15, -0.1) is 0 Å². The summed E-state index contributed by atoms with van der Waals surface area (Å²) in [6, 6.07) is 7.66. The number of anilines is 1. The first-order valence-electron chi connectivity index (χ1n) is 7.16. The molecule has 104 valence electrons. The monoisotopic (exact) mass is 287 g/mol. The molecule has 0 saturated heterocycles. The molecule has 1 aliphatic rings. The molecule has 0 radical (unpaired) electrons. The van der Waals surface area contributed by atoms with Gasteiger partial charge < -0.3 is 0 Å². The average molecular weight is 288 g/mol. The van der Waals surface area contributed by atoms with Gasteiger partial charge in [-0.25, -0.2) is 0 Å². The van der Waals surface area contributed by atoms with Gasteiger partial charge in [-0.2, -0.15) is 5.10 Å². The highest BCUT2D eigenvalue weighted by atomic mass is 35.5. The Kier molecular flexibility index (Phi) is 4.16. The van der Waals surface area contributed by atoms with Crippen molar-refractivity contribution in [3.8, 4) is 0 Å². The lowest BCUT2D eigenvalue weighted by Crippen LogP contribution is -2.08. The lowest BCUT2D eigenvalue weighted by molar-refractivity contribution is 0.445. The minimum absolute atomic E-state index is 0.624. The lowest BCUT2D eigenvalue weighted by atomic mass is 9.90. The zero-order valence-corrected chi connectivity index (χ0v) is 12.1. The number of aromatic nitrogens is 1. The van der Waals surface area contributed by atoms with Crippen LogP contribution < -0.4 is 5.43 Å². The number of nitrogens with zero attached hydrogens (tertiary/aromatic N) is 2. The largest absolute Gasteiger partial charge is 0.278 e. The minimum atomic E-state index is 0.624. The quantitative estimate of drug-likeness (QED) is 0.646. The fourth-order valence-electron chi connectivity index (χ4n) is 2.71. The number of hydrazone groups is 1. The molecular weight excluding hydrogens is 270 g/mol. The van der Waals surface area contributed by atoms with Crippen LogP contribution in [0.2, 0.25) is 5.02 Å². The van der Waals surface area contributed by atoms with Crippen molar-refractivity contribution in [3.05, 3.63) is 35.5 Å². The van der Waals surface area contributed by atoms with E-state index in [1.165, 1.54) is 32.1 Å². The molecule has 1 aliphatic carbocycles. The van der Waals surface area contributed by atoms with Crippen LogP contribution in [0.5, 0.6) is 0 Å². The summed E-state index contributed by atoms with van der Waals surface area (Å²) in [4.78, 5) is 4.32. The van der Waals surface area contributed by atoms with Crippen molar-refractivity contribution in [1.29, 1.82) is 0 Å². The van der Waals surface area contributed by atoms with Crippen LogP contribution in [0.3, 0.4) is 0 Å². The summed E-state index contributed by atoms with van der Waals surface area (Å²) in [6.45, 7) is 0. The summed E-state index contributed by atoms with van der Waals surface area (Å²) in [5.74, 6) is 0.624. The second kappa shape index (κ2) is 6.23. The Hall–Kier alpha value is -1.61. The molecule has 0 aliphatic heterocycles. The number of nitrogens with one attached hydrogen (secondary N) is 1. The van der Waals surface area contributed by atoms with E-state index in [1.807, 2.05) is 24.3 Å². The summed E-state index contributed by atoms with van der Waals surface area (Å²) in [5.41, 5.74) is 5.00. The molecule has 20 heavy (non-hydrogen) atoms. The number of halogens is 1. The van der Waals surface area contributed by atoms with E-state index in [0.717, 1.165) is 16.6 Å². The van der Waals surface area contributed by atoms with Crippen molar-refractivity contribution in [2.75, 3.05) is 5.43 Å². The maximum atomic E-state index is 5.99. The number of pyridine rings is 1. The molecule has 1 aromatic heterocycles. The topological polar surface area (TPSA) is 37.3 Å². The van der Waals surface area contributed by atoms with Gasteiger partial charge in [0, 0.05) is 22.8 Å². The van der Waals surface area contributed by atoms with Crippen LogP contribution in [-0.4, -0.2) is 11.2 Å². The van der Waals surface area contributed by atoms with E-state index in [-0.39, 0.29) is 0 Å². The molecular formula is C16H18ClN3. The first-order chi connectivity index (χ1) is 9.83. The Morgan fingerprint density at radius 3 is 2.90 bits per heavy atom. The van der Waals surface area contributed by atoms with E-state index in [1.54, 1.807) is 6.20 Å². The van der Waals surface area contributed by atoms with Crippen molar-refractivity contribution >= 4 is 34.4 Å². The van der Waals surface area contributed by atoms with Crippen LogP contribution in [0.1, 0.15) is 32.1 Å². The van der Waals surface area contributed by atoms with Gasteiger partial charge in [0.2, 0.25) is 0 Å². The molecule has 1 aromatic carbocycles. The fraction of sp³-hybridized carbons (Fsp3) is 0.375. The Labute approximate surface area is 124 Å². The van der Waals surface area contributed by atoms with E-state index in [4.69, 9.17) is 11.6 Å². The third kappa shape index (κ3) is 3.10. The molecule has 0 spiro atoms. The predicted octanol–water partition coefficient (Wildman–Crippen LogP) is 4.87. The first kappa shape index (κ1) is 13.4. The number of hydrogen-bond acceptors (Lipinski definition) is 3. The van der Waals surface area contributed by atoms with Crippen LogP contribution >= 0.6 is 11.6 Å². The Morgan fingerprint density at radius 2 is 2.05 bits per heavy atom. The molecule has 4 heteroatoms. The van der Waals surface area contributed by atoms with Gasteiger partial charge in [-0.05, 0) is 43.0 Å². The van der Waals surface area contributed by atoms with Gasteiger partial charge in [0.1, 0.15) is 0 Å². The molecule has 2 aromatic rings. The highest BCUT2D eigenvalue weighted by Crippen LogP contribution is 2.25. The van der Waals surface area contributed by atoms with Crippen molar-refractivity contribution < 1.29 is 0 Å². The van der Waals surface area contributed by atoms with Gasteiger partial charge in [0.15, 0.2) is 0 Å². The van der Waals surface area contributed by atoms with Crippen molar-refractivity contribution in [2.45, 2.75) is 32.1 Å². The summed E-state index contributed by atoms with van der Waals surface area (Å²) in [7, 11) is 0. The maximum Gasteiger partial charge on any atom is 0.0738 e. The van der Waals surface area contributed by atoms with Crippen molar-refractivity contribution in [2.24, 2.45) is 11.0 Å². The van der Waals surface area contributed by atoms with Crippen LogP contribution in [0, 0.1) is 5.92 Å². The number of benzene rings is 1. The predicted molar refractivity (Wildman–Crippen MR) is 85.4 cm³/mol. The maximum absolute atomic E-state index is 5.99. The summed E-state index contributed by atoms with van der Waals surface area (Å²) >= 11 is 5.99. The third-order valence-electron chi connectivity index (χ3n) is 3.82.